The third-order valence-electron chi connectivity index (χ3n) is 4.33. The summed E-state index contributed by atoms with van der Waals surface area (Å²) >= 11 is 1.40. The third kappa shape index (κ3) is 4.74. The largest absolute Gasteiger partial charge is 0.493 e. The summed E-state index contributed by atoms with van der Waals surface area (Å²) in [5.41, 5.74) is 4.13. The summed E-state index contributed by atoms with van der Waals surface area (Å²) in [5, 5.41) is 9.32. The lowest BCUT2D eigenvalue weighted by Crippen LogP contribution is -2.35. The zero-order valence-corrected chi connectivity index (χ0v) is 17.4. The van der Waals surface area contributed by atoms with Crippen molar-refractivity contribution in [3.05, 3.63) is 58.7 Å². The lowest BCUT2D eigenvalue weighted by molar-refractivity contribution is -0.120. The van der Waals surface area contributed by atoms with Crippen molar-refractivity contribution < 1.29 is 23.5 Å². The molecule has 0 saturated heterocycles. The Bertz CT molecular complexity index is 1130. The van der Waals surface area contributed by atoms with E-state index < -0.39 is 11.8 Å². The number of hydrogen-bond donors (Lipinski definition) is 2. The first-order valence-electron chi connectivity index (χ1n) is 8.93. The Kier molecular flexibility index (Phi) is 6.63. The van der Waals surface area contributed by atoms with Crippen molar-refractivity contribution >= 4 is 38.9 Å². The number of fused-ring (bicyclic) bond motifs is 1. The SMILES string of the molecule is COc1ccc(C(=O)NCC(=O)N/N=C(\C)c2csc3cc(F)ccc23)cc1OC. The third-order valence-corrected chi connectivity index (χ3v) is 5.28. The zero-order chi connectivity index (χ0) is 21.7. The first-order chi connectivity index (χ1) is 14.4. The van der Waals surface area contributed by atoms with E-state index in [1.165, 1.54) is 43.8 Å². The number of hydrazone groups is 1. The number of rotatable bonds is 7. The van der Waals surface area contributed by atoms with E-state index in [2.05, 4.69) is 15.8 Å². The molecule has 30 heavy (non-hydrogen) atoms. The molecule has 0 aliphatic heterocycles. The molecule has 0 aliphatic carbocycles. The van der Waals surface area contributed by atoms with Gasteiger partial charge in [0.15, 0.2) is 11.5 Å². The summed E-state index contributed by atoms with van der Waals surface area (Å²) in [6.07, 6.45) is 0. The molecule has 3 aromatic rings. The van der Waals surface area contributed by atoms with Crippen LogP contribution in [0.5, 0.6) is 11.5 Å². The topological polar surface area (TPSA) is 89.0 Å². The van der Waals surface area contributed by atoms with Crippen molar-refractivity contribution in [2.75, 3.05) is 20.8 Å². The summed E-state index contributed by atoms with van der Waals surface area (Å²) in [7, 11) is 2.97. The van der Waals surface area contributed by atoms with E-state index in [1.807, 2.05) is 5.38 Å². The minimum Gasteiger partial charge on any atom is -0.493 e. The van der Waals surface area contributed by atoms with Gasteiger partial charge in [-0.3, -0.25) is 9.59 Å². The van der Waals surface area contributed by atoms with Gasteiger partial charge in [-0.15, -0.1) is 11.3 Å². The van der Waals surface area contributed by atoms with Gasteiger partial charge >= 0.3 is 0 Å². The molecule has 0 unspecified atom stereocenters. The lowest BCUT2D eigenvalue weighted by Gasteiger charge is -2.09. The first kappa shape index (κ1) is 21.3. The number of carbonyl (C=O) groups excluding carboxylic acids is 2. The quantitative estimate of drug-likeness (QED) is 0.445. The van der Waals surface area contributed by atoms with E-state index in [0.29, 0.717) is 22.8 Å². The molecule has 0 spiro atoms. The molecule has 0 fully saturated rings. The van der Waals surface area contributed by atoms with Gasteiger partial charge in [0.1, 0.15) is 5.82 Å². The Morgan fingerprint density at radius 3 is 2.60 bits per heavy atom. The lowest BCUT2D eigenvalue weighted by atomic mass is 10.1. The fourth-order valence-corrected chi connectivity index (χ4v) is 3.80. The fraction of sp³-hybridized carbons (Fsp3) is 0.190. The fourth-order valence-electron chi connectivity index (χ4n) is 2.77. The summed E-state index contributed by atoms with van der Waals surface area (Å²) in [6.45, 7) is 1.49. The van der Waals surface area contributed by atoms with Crippen LogP contribution < -0.4 is 20.2 Å². The number of methoxy groups -OCH3 is 2. The van der Waals surface area contributed by atoms with Crippen LogP contribution in [0.3, 0.4) is 0 Å². The number of nitrogens with one attached hydrogen (secondary N) is 2. The molecule has 0 radical (unpaired) electrons. The molecule has 7 nitrogen and oxygen atoms in total. The summed E-state index contributed by atoms with van der Waals surface area (Å²) in [4.78, 5) is 24.3. The van der Waals surface area contributed by atoms with Crippen LogP contribution in [0.25, 0.3) is 10.1 Å². The molecular weight excluding hydrogens is 409 g/mol. The second-order valence-corrected chi connectivity index (χ2v) is 7.19. The van der Waals surface area contributed by atoms with Crippen LogP contribution in [-0.2, 0) is 4.79 Å². The maximum absolute atomic E-state index is 13.3. The average molecular weight is 429 g/mol. The highest BCUT2D eigenvalue weighted by Gasteiger charge is 2.12. The number of amides is 2. The second-order valence-electron chi connectivity index (χ2n) is 6.27. The molecule has 156 valence electrons. The highest BCUT2D eigenvalue weighted by atomic mass is 32.1. The average Bonchev–Trinajstić information content (AvgIpc) is 3.18. The molecule has 2 aromatic carbocycles. The number of halogens is 1. The van der Waals surface area contributed by atoms with Gasteiger partial charge in [0.25, 0.3) is 11.8 Å². The molecule has 1 heterocycles. The van der Waals surface area contributed by atoms with Crippen molar-refractivity contribution in [2.45, 2.75) is 6.92 Å². The van der Waals surface area contributed by atoms with E-state index in [1.54, 1.807) is 25.1 Å². The van der Waals surface area contributed by atoms with Crippen LogP contribution in [-0.4, -0.2) is 38.3 Å². The highest BCUT2D eigenvalue weighted by molar-refractivity contribution is 7.17. The maximum atomic E-state index is 13.3. The zero-order valence-electron chi connectivity index (χ0n) is 16.6. The normalized spacial score (nSPS) is 11.3. The Labute approximate surface area is 176 Å². The van der Waals surface area contributed by atoms with Gasteiger partial charge in [0, 0.05) is 26.6 Å². The molecule has 0 aliphatic rings. The minimum atomic E-state index is -0.478. The summed E-state index contributed by atoms with van der Waals surface area (Å²) in [5.74, 6) is -0.298. The smallest absolute Gasteiger partial charge is 0.259 e. The predicted octanol–water partition coefficient (Wildman–Crippen LogP) is 3.33. The first-order valence-corrected chi connectivity index (χ1v) is 9.81. The van der Waals surface area contributed by atoms with E-state index in [-0.39, 0.29) is 12.4 Å². The van der Waals surface area contributed by atoms with Gasteiger partial charge in [-0.1, -0.05) is 0 Å². The number of nitrogens with zero attached hydrogens (tertiary/aromatic N) is 1. The van der Waals surface area contributed by atoms with Crippen molar-refractivity contribution in [3.8, 4) is 11.5 Å². The molecule has 3 rings (SSSR count). The monoisotopic (exact) mass is 429 g/mol. The molecule has 2 N–H and O–H groups in total. The van der Waals surface area contributed by atoms with E-state index in [9.17, 15) is 14.0 Å². The summed E-state index contributed by atoms with van der Waals surface area (Å²) in [6, 6.07) is 9.23. The molecule has 0 bridgehead atoms. The van der Waals surface area contributed by atoms with Crippen molar-refractivity contribution in [1.29, 1.82) is 0 Å². The van der Waals surface area contributed by atoms with E-state index in [0.717, 1.165) is 15.6 Å². The van der Waals surface area contributed by atoms with Crippen LogP contribution in [0.4, 0.5) is 4.39 Å². The Morgan fingerprint density at radius 1 is 1.10 bits per heavy atom. The van der Waals surface area contributed by atoms with Crippen molar-refractivity contribution in [2.24, 2.45) is 5.10 Å². The number of hydrogen-bond acceptors (Lipinski definition) is 6. The number of benzene rings is 2. The van der Waals surface area contributed by atoms with Crippen molar-refractivity contribution in [3.63, 3.8) is 0 Å². The molecular formula is C21H20FN3O4S. The van der Waals surface area contributed by atoms with Crippen LogP contribution in [0.1, 0.15) is 22.8 Å². The standard InChI is InChI=1S/C21H20FN3O4S/c1-12(16-11-30-19-9-14(22)5-6-15(16)19)24-25-20(26)10-23-21(27)13-4-7-17(28-2)18(8-13)29-3/h4-9,11H,10H2,1-3H3,(H,23,27)(H,25,26)/b24-12+. The van der Waals surface area contributed by atoms with Crippen LogP contribution in [0.2, 0.25) is 0 Å². The van der Waals surface area contributed by atoms with E-state index in [4.69, 9.17) is 9.47 Å². The Balaban J connectivity index is 1.59. The number of thiophene rings is 1. The number of carbonyl (C=O) groups is 2. The minimum absolute atomic E-state index is 0.250. The van der Waals surface area contributed by atoms with Gasteiger partial charge in [-0.05, 0) is 43.3 Å². The molecule has 9 heteroatoms. The van der Waals surface area contributed by atoms with Crippen LogP contribution in [0, 0.1) is 5.82 Å². The second kappa shape index (κ2) is 9.36. The van der Waals surface area contributed by atoms with Gasteiger partial charge in [0.05, 0.1) is 26.5 Å². The molecule has 2 amide bonds. The van der Waals surface area contributed by atoms with Crippen molar-refractivity contribution in [1.82, 2.24) is 10.7 Å². The van der Waals surface area contributed by atoms with Crippen LogP contribution >= 0.6 is 11.3 Å². The van der Waals surface area contributed by atoms with Crippen LogP contribution in [0.15, 0.2) is 46.9 Å². The molecule has 0 saturated carbocycles. The highest BCUT2D eigenvalue weighted by Crippen LogP contribution is 2.28. The van der Waals surface area contributed by atoms with Gasteiger partial charge < -0.3 is 14.8 Å². The van der Waals surface area contributed by atoms with Gasteiger partial charge in [-0.25, -0.2) is 9.82 Å². The summed E-state index contributed by atoms with van der Waals surface area (Å²) < 4.78 is 24.4. The van der Waals surface area contributed by atoms with Gasteiger partial charge in [0.2, 0.25) is 0 Å². The maximum Gasteiger partial charge on any atom is 0.259 e. The van der Waals surface area contributed by atoms with Gasteiger partial charge in [-0.2, -0.15) is 5.10 Å². The molecule has 0 atom stereocenters. The molecule has 1 aromatic heterocycles. The Morgan fingerprint density at radius 2 is 1.87 bits per heavy atom. The Hall–Kier alpha value is -3.46. The predicted molar refractivity (Wildman–Crippen MR) is 114 cm³/mol. The number of ether oxygens (including phenoxy) is 2. The van der Waals surface area contributed by atoms with E-state index >= 15 is 0 Å².